The molecule has 190 valence electrons. The minimum atomic E-state index is -0.787. The highest BCUT2D eigenvalue weighted by atomic mass is 35.5. The zero-order valence-electron chi connectivity index (χ0n) is 20.9. The number of hydrogen-bond acceptors (Lipinski definition) is 4. The third-order valence-corrected chi connectivity index (χ3v) is 6.61. The molecule has 3 aromatic carbocycles. The van der Waals surface area contributed by atoms with Crippen LogP contribution in [0.1, 0.15) is 37.9 Å². The molecule has 3 aromatic rings. The van der Waals surface area contributed by atoms with E-state index in [9.17, 15) is 14.4 Å². The molecule has 1 heterocycles. The van der Waals surface area contributed by atoms with Crippen LogP contribution in [0.15, 0.2) is 66.7 Å². The minimum absolute atomic E-state index is 0. The summed E-state index contributed by atoms with van der Waals surface area (Å²) in [6, 6.07) is 19.3. The van der Waals surface area contributed by atoms with Crippen molar-refractivity contribution in [3.63, 3.8) is 0 Å². The fourth-order valence-electron chi connectivity index (χ4n) is 4.45. The number of likely N-dealkylation sites (N-methyl/N-ethyl adjacent to an activating group) is 1. The molecular formula is C28H33ClN4O3. The van der Waals surface area contributed by atoms with Crippen LogP contribution in [0.25, 0.3) is 10.8 Å². The van der Waals surface area contributed by atoms with Gasteiger partial charge in [-0.3, -0.25) is 14.4 Å². The van der Waals surface area contributed by atoms with Crippen molar-refractivity contribution in [1.29, 1.82) is 0 Å². The smallest absolute Gasteiger partial charge is 0.251 e. The monoisotopic (exact) mass is 508 g/mol. The van der Waals surface area contributed by atoms with Crippen LogP contribution in [0, 0.1) is 5.92 Å². The zero-order chi connectivity index (χ0) is 25.1. The van der Waals surface area contributed by atoms with Crippen LogP contribution in [0.2, 0.25) is 0 Å². The van der Waals surface area contributed by atoms with E-state index in [-0.39, 0.29) is 36.0 Å². The molecule has 7 nitrogen and oxygen atoms in total. The summed E-state index contributed by atoms with van der Waals surface area (Å²) in [6.07, 6.45) is 0. The summed E-state index contributed by atoms with van der Waals surface area (Å²) in [5.74, 6) is -0.959. The first-order valence-corrected chi connectivity index (χ1v) is 12.0. The van der Waals surface area contributed by atoms with Crippen molar-refractivity contribution in [3.05, 3.63) is 77.9 Å². The van der Waals surface area contributed by atoms with Crippen LogP contribution in [0.5, 0.6) is 0 Å². The Labute approximate surface area is 218 Å². The number of nitrogens with zero attached hydrogens (tertiary/aromatic N) is 1. The lowest BCUT2D eigenvalue weighted by Crippen LogP contribution is -2.55. The van der Waals surface area contributed by atoms with Gasteiger partial charge in [-0.2, -0.15) is 0 Å². The van der Waals surface area contributed by atoms with Crippen LogP contribution in [-0.2, 0) is 20.9 Å². The summed E-state index contributed by atoms with van der Waals surface area (Å²) in [4.78, 5) is 41.5. The lowest BCUT2D eigenvalue weighted by Gasteiger charge is -2.31. The Hall–Kier alpha value is -3.42. The summed E-state index contributed by atoms with van der Waals surface area (Å²) in [5, 5.41) is 10.9. The maximum atomic E-state index is 13.8. The second-order valence-corrected chi connectivity index (χ2v) is 9.36. The van der Waals surface area contributed by atoms with Gasteiger partial charge in [0.25, 0.3) is 5.91 Å². The molecular weight excluding hydrogens is 476 g/mol. The van der Waals surface area contributed by atoms with Gasteiger partial charge in [0.05, 0.1) is 6.04 Å². The first kappa shape index (κ1) is 27.2. The van der Waals surface area contributed by atoms with Crippen molar-refractivity contribution < 1.29 is 14.4 Å². The quantitative estimate of drug-likeness (QED) is 0.449. The number of carbonyl (C=O) groups excluding carboxylic acids is 3. The third kappa shape index (κ3) is 5.53. The molecule has 8 heteroatoms. The summed E-state index contributed by atoms with van der Waals surface area (Å²) in [7, 11) is 1.70. The standard InChI is InChI=1S/C28H32N4O3.ClH/c1-17(2)24(31-26(33)18(3)29-4)28(35)32-16-21-11-7-8-12-23(21)25(32)27(34)30-22-14-13-19-9-5-6-10-20(19)15-22;/h5-15,17-18,24-25,29H,16H2,1-4H3,(H,30,34)(H,31,33);1H/t18?,24?,25-;/m0./s1. The first-order chi connectivity index (χ1) is 16.8. The molecule has 0 saturated carbocycles. The van der Waals surface area contributed by atoms with E-state index < -0.39 is 18.1 Å². The van der Waals surface area contributed by atoms with Gasteiger partial charge in [0.1, 0.15) is 12.1 Å². The summed E-state index contributed by atoms with van der Waals surface area (Å²) >= 11 is 0. The molecule has 3 atom stereocenters. The second-order valence-electron chi connectivity index (χ2n) is 9.36. The zero-order valence-corrected chi connectivity index (χ0v) is 21.8. The molecule has 36 heavy (non-hydrogen) atoms. The largest absolute Gasteiger partial charge is 0.343 e. The van der Waals surface area contributed by atoms with Crippen molar-refractivity contribution in [1.82, 2.24) is 15.5 Å². The van der Waals surface area contributed by atoms with E-state index in [0.717, 1.165) is 21.9 Å². The molecule has 0 saturated heterocycles. The molecule has 2 unspecified atom stereocenters. The number of hydrogen-bond donors (Lipinski definition) is 3. The van der Waals surface area contributed by atoms with Crippen LogP contribution < -0.4 is 16.0 Å². The number of benzene rings is 3. The SMILES string of the molecule is CNC(C)C(=O)NC(C(=O)N1Cc2ccccc2[C@H]1C(=O)Nc1ccc2ccccc2c1)C(C)C.Cl. The van der Waals surface area contributed by atoms with Crippen LogP contribution in [-0.4, -0.2) is 41.8 Å². The van der Waals surface area contributed by atoms with Gasteiger partial charge >= 0.3 is 0 Å². The number of rotatable bonds is 7. The predicted octanol–water partition coefficient (Wildman–Crippen LogP) is 4.03. The molecule has 0 aromatic heterocycles. The molecule has 0 aliphatic carbocycles. The molecule has 0 radical (unpaired) electrons. The average Bonchev–Trinajstić information content (AvgIpc) is 3.25. The topological polar surface area (TPSA) is 90.5 Å². The lowest BCUT2D eigenvalue weighted by atomic mass is 10.0. The molecule has 3 N–H and O–H groups in total. The fourth-order valence-corrected chi connectivity index (χ4v) is 4.45. The first-order valence-electron chi connectivity index (χ1n) is 12.0. The highest BCUT2D eigenvalue weighted by molar-refractivity contribution is 6.01. The van der Waals surface area contributed by atoms with Gasteiger partial charge in [0, 0.05) is 12.2 Å². The van der Waals surface area contributed by atoms with Crippen LogP contribution >= 0.6 is 12.4 Å². The van der Waals surface area contributed by atoms with Gasteiger partial charge in [-0.15, -0.1) is 12.4 Å². The van der Waals surface area contributed by atoms with Gasteiger partial charge in [0.15, 0.2) is 0 Å². The van der Waals surface area contributed by atoms with Gasteiger partial charge in [0.2, 0.25) is 11.8 Å². The Morgan fingerprint density at radius 3 is 2.28 bits per heavy atom. The molecule has 0 bridgehead atoms. The number of nitrogens with one attached hydrogen (secondary N) is 3. The van der Waals surface area contributed by atoms with Crippen molar-refractivity contribution in [2.45, 2.75) is 45.4 Å². The Kier molecular flexibility index (Phi) is 8.71. The average molecular weight is 509 g/mol. The highest BCUT2D eigenvalue weighted by Crippen LogP contribution is 2.35. The number of halogens is 1. The Balaban J connectivity index is 0.00000361. The third-order valence-electron chi connectivity index (χ3n) is 6.61. The number of anilines is 1. The summed E-state index contributed by atoms with van der Waals surface area (Å²) < 4.78 is 0. The second kappa shape index (κ2) is 11.5. The van der Waals surface area contributed by atoms with Gasteiger partial charge in [-0.25, -0.2) is 0 Å². The number of fused-ring (bicyclic) bond motifs is 2. The molecule has 3 amide bonds. The van der Waals surface area contributed by atoms with Crippen LogP contribution in [0.3, 0.4) is 0 Å². The Bertz CT molecular complexity index is 1260. The van der Waals surface area contributed by atoms with Gasteiger partial charge in [-0.1, -0.05) is 68.4 Å². The normalized spacial score (nSPS) is 16.1. The van der Waals surface area contributed by atoms with Crippen molar-refractivity contribution in [2.24, 2.45) is 5.92 Å². The van der Waals surface area contributed by atoms with Crippen molar-refractivity contribution >= 4 is 46.6 Å². The predicted molar refractivity (Wildman–Crippen MR) is 145 cm³/mol. The van der Waals surface area contributed by atoms with Crippen LogP contribution in [0.4, 0.5) is 5.69 Å². The van der Waals surface area contributed by atoms with E-state index in [1.165, 1.54) is 0 Å². The molecule has 4 rings (SSSR count). The maximum absolute atomic E-state index is 13.8. The number of amides is 3. The van der Waals surface area contributed by atoms with E-state index in [4.69, 9.17) is 0 Å². The van der Waals surface area contributed by atoms with Gasteiger partial charge < -0.3 is 20.9 Å². The van der Waals surface area contributed by atoms with E-state index in [1.807, 2.05) is 80.6 Å². The Morgan fingerprint density at radius 2 is 1.58 bits per heavy atom. The van der Waals surface area contributed by atoms with E-state index in [0.29, 0.717) is 12.2 Å². The van der Waals surface area contributed by atoms with Gasteiger partial charge in [-0.05, 0) is 53.9 Å². The van der Waals surface area contributed by atoms with E-state index in [2.05, 4.69) is 16.0 Å². The highest BCUT2D eigenvalue weighted by Gasteiger charge is 2.41. The summed E-state index contributed by atoms with van der Waals surface area (Å²) in [5.41, 5.74) is 2.40. The minimum Gasteiger partial charge on any atom is -0.343 e. The molecule has 0 fully saturated rings. The fraction of sp³-hybridized carbons (Fsp3) is 0.321. The number of carbonyl (C=O) groups is 3. The van der Waals surface area contributed by atoms with E-state index >= 15 is 0 Å². The lowest BCUT2D eigenvalue weighted by molar-refractivity contribution is -0.143. The van der Waals surface area contributed by atoms with E-state index in [1.54, 1.807) is 18.9 Å². The Morgan fingerprint density at radius 1 is 0.917 bits per heavy atom. The van der Waals surface area contributed by atoms with Crippen molar-refractivity contribution in [3.8, 4) is 0 Å². The molecule has 1 aliphatic heterocycles. The summed E-state index contributed by atoms with van der Waals surface area (Å²) in [6.45, 7) is 5.83. The maximum Gasteiger partial charge on any atom is 0.251 e. The molecule has 0 spiro atoms. The van der Waals surface area contributed by atoms with Crippen molar-refractivity contribution in [2.75, 3.05) is 12.4 Å². The molecule has 1 aliphatic rings.